The Bertz CT molecular complexity index is 572. The molecule has 0 spiro atoms. The molecule has 0 amide bonds. The maximum atomic E-state index is 5.85. The number of halogens is 1. The summed E-state index contributed by atoms with van der Waals surface area (Å²) >= 11 is 5.85. The van der Waals surface area contributed by atoms with Crippen LogP contribution < -0.4 is 9.64 Å². The Balaban J connectivity index is 2.32. The Labute approximate surface area is 118 Å². The normalized spacial score (nSPS) is 10.3. The van der Waals surface area contributed by atoms with Crippen molar-refractivity contribution in [2.75, 3.05) is 19.1 Å². The number of nitrogens with zero attached hydrogens (tertiary/aromatic N) is 2. The largest absolute Gasteiger partial charge is 0.497 e. The monoisotopic (exact) mass is 276 g/mol. The Morgan fingerprint density at radius 1 is 1.26 bits per heavy atom. The van der Waals surface area contributed by atoms with Crippen LogP contribution in [0.5, 0.6) is 5.75 Å². The lowest BCUT2D eigenvalue weighted by Gasteiger charge is -2.20. The minimum atomic E-state index is 0.488. The van der Waals surface area contributed by atoms with Gasteiger partial charge in [-0.1, -0.05) is 12.1 Å². The SMILES string of the molecule is COc1cccc(N(C)c2ccc(CCl)c(C)n2)c1. The smallest absolute Gasteiger partial charge is 0.132 e. The molecular formula is C15H17ClN2O. The molecule has 0 saturated carbocycles. The van der Waals surface area contributed by atoms with Crippen LogP contribution in [-0.2, 0) is 5.88 Å². The fraction of sp³-hybridized carbons (Fsp3) is 0.267. The number of methoxy groups -OCH3 is 1. The summed E-state index contributed by atoms with van der Waals surface area (Å²) in [6.45, 7) is 1.97. The molecule has 100 valence electrons. The number of ether oxygens (including phenoxy) is 1. The van der Waals surface area contributed by atoms with Crippen molar-refractivity contribution in [3.63, 3.8) is 0 Å². The second kappa shape index (κ2) is 5.93. The fourth-order valence-electron chi connectivity index (χ4n) is 1.86. The van der Waals surface area contributed by atoms with Crippen LogP contribution in [0.4, 0.5) is 11.5 Å². The molecule has 0 saturated heterocycles. The van der Waals surface area contributed by atoms with Crippen molar-refractivity contribution in [1.29, 1.82) is 0 Å². The van der Waals surface area contributed by atoms with E-state index in [1.54, 1.807) is 7.11 Å². The van der Waals surface area contributed by atoms with Crippen LogP contribution in [0.25, 0.3) is 0 Å². The van der Waals surface area contributed by atoms with E-state index in [2.05, 4.69) is 4.98 Å². The van der Waals surface area contributed by atoms with Crippen molar-refractivity contribution >= 4 is 23.1 Å². The van der Waals surface area contributed by atoms with Crippen molar-refractivity contribution in [1.82, 2.24) is 4.98 Å². The summed E-state index contributed by atoms with van der Waals surface area (Å²) in [5.41, 5.74) is 3.05. The van der Waals surface area contributed by atoms with Gasteiger partial charge in [-0.2, -0.15) is 0 Å². The number of pyridine rings is 1. The molecule has 1 heterocycles. The van der Waals surface area contributed by atoms with Crippen molar-refractivity contribution in [2.24, 2.45) is 0 Å². The van der Waals surface area contributed by atoms with E-state index < -0.39 is 0 Å². The number of alkyl halides is 1. The number of hydrogen-bond acceptors (Lipinski definition) is 3. The third kappa shape index (κ3) is 2.99. The molecule has 4 heteroatoms. The minimum absolute atomic E-state index is 0.488. The molecule has 0 unspecified atom stereocenters. The zero-order valence-corrected chi connectivity index (χ0v) is 12.1. The third-order valence-electron chi connectivity index (χ3n) is 3.11. The lowest BCUT2D eigenvalue weighted by molar-refractivity contribution is 0.415. The van der Waals surface area contributed by atoms with Crippen molar-refractivity contribution in [3.8, 4) is 5.75 Å². The maximum absolute atomic E-state index is 5.85. The van der Waals surface area contributed by atoms with E-state index in [1.165, 1.54) is 0 Å². The van der Waals surface area contributed by atoms with Gasteiger partial charge in [-0.15, -0.1) is 11.6 Å². The minimum Gasteiger partial charge on any atom is -0.497 e. The van der Waals surface area contributed by atoms with Crippen LogP contribution in [0.3, 0.4) is 0 Å². The zero-order chi connectivity index (χ0) is 13.8. The summed E-state index contributed by atoms with van der Waals surface area (Å²) in [6, 6.07) is 11.9. The first-order chi connectivity index (χ1) is 9.15. The molecule has 0 N–H and O–H groups in total. The van der Waals surface area contributed by atoms with Gasteiger partial charge in [0.2, 0.25) is 0 Å². The first kappa shape index (κ1) is 13.7. The molecule has 3 nitrogen and oxygen atoms in total. The number of aromatic nitrogens is 1. The average Bonchev–Trinajstić information content (AvgIpc) is 2.46. The fourth-order valence-corrected chi connectivity index (χ4v) is 2.14. The van der Waals surface area contributed by atoms with Gasteiger partial charge >= 0.3 is 0 Å². The molecule has 1 aromatic carbocycles. The average molecular weight is 277 g/mol. The summed E-state index contributed by atoms with van der Waals surface area (Å²) in [5, 5.41) is 0. The molecule has 0 bridgehead atoms. The van der Waals surface area contributed by atoms with Crippen molar-refractivity contribution in [3.05, 3.63) is 47.7 Å². The maximum Gasteiger partial charge on any atom is 0.132 e. The Hall–Kier alpha value is -1.74. The lowest BCUT2D eigenvalue weighted by atomic mass is 10.2. The van der Waals surface area contributed by atoms with Gasteiger partial charge in [0.25, 0.3) is 0 Å². The standard InChI is InChI=1S/C15H17ClN2O/c1-11-12(10-16)7-8-15(17-11)18(2)13-5-4-6-14(9-13)19-3/h4-9H,10H2,1-3H3. The second-order valence-corrected chi connectivity index (χ2v) is 4.58. The van der Waals surface area contributed by atoms with E-state index in [0.717, 1.165) is 28.5 Å². The molecule has 0 fully saturated rings. The molecule has 2 rings (SSSR count). The quantitative estimate of drug-likeness (QED) is 0.792. The lowest BCUT2D eigenvalue weighted by Crippen LogP contribution is -2.12. The van der Waals surface area contributed by atoms with Gasteiger partial charge in [0.05, 0.1) is 7.11 Å². The number of rotatable bonds is 4. The predicted molar refractivity (Wildman–Crippen MR) is 79.6 cm³/mol. The van der Waals surface area contributed by atoms with Crippen LogP contribution in [-0.4, -0.2) is 19.1 Å². The van der Waals surface area contributed by atoms with Gasteiger partial charge in [-0.05, 0) is 30.7 Å². The molecule has 0 radical (unpaired) electrons. The molecule has 19 heavy (non-hydrogen) atoms. The van der Waals surface area contributed by atoms with Crippen molar-refractivity contribution in [2.45, 2.75) is 12.8 Å². The topological polar surface area (TPSA) is 25.4 Å². The van der Waals surface area contributed by atoms with Gasteiger partial charge in [0.1, 0.15) is 11.6 Å². The highest BCUT2D eigenvalue weighted by Crippen LogP contribution is 2.26. The van der Waals surface area contributed by atoms with E-state index >= 15 is 0 Å². The van der Waals surface area contributed by atoms with E-state index in [0.29, 0.717) is 5.88 Å². The summed E-state index contributed by atoms with van der Waals surface area (Å²) in [5.74, 6) is 2.21. The van der Waals surface area contributed by atoms with Crippen molar-refractivity contribution < 1.29 is 4.74 Å². The van der Waals surface area contributed by atoms with E-state index in [4.69, 9.17) is 16.3 Å². The highest BCUT2D eigenvalue weighted by atomic mass is 35.5. The van der Waals surface area contributed by atoms with Gasteiger partial charge in [0.15, 0.2) is 0 Å². The number of benzene rings is 1. The Kier molecular flexibility index (Phi) is 4.27. The highest BCUT2D eigenvalue weighted by molar-refractivity contribution is 6.17. The van der Waals surface area contributed by atoms with Crippen LogP contribution in [0, 0.1) is 6.92 Å². The number of hydrogen-bond donors (Lipinski definition) is 0. The van der Waals surface area contributed by atoms with Gasteiger partial charge in [-0.3, -0.25) is 0 Å². The number of aryl methyl sites for hydroxylation is 1. The van der Waals surface area contributed by atoms with E-state index in [1.807, 2.05) is 55.3 Å². The highest BCUT2D eigenvalue weighted by Gasteiger charge is 2.08. The van der Waals surface area contributed by atoms with Gasteiger partial charge < -0.3 is 9.64 Å². The summed E-state index contributed by atoms with van der Waals surface area (Å²) < 4.78 is 5.24. The van der Waals surface area contributed by atoms with Crippen LogP contribution in [0.1, 0.15) is 11.3 Å². The second-order valence-electron chi connectivity index (χ2n) is 4.31. The molecule has 1 aromatic heterocycles. The summed E-state index contributed by atoms with van der Waals surface area (Å²) in [7, 11) is 3.65. The van der Waals surface area contributed by atoms with Crippen LogP contribution in [0.2, 0.25) is 0 Å². The molecule has 0 atom stereocenters. The molecular weight excluding hydrogens is 260 g/mol. The molecule has 0 aliphatic heterocycles. The summed E-state index contributed by atoms with van der Waals surface area (Å²) in [6.07, 6.45) is 0. The van der Waals surface area contributed by atoms with Gasteiger partial charge in [0, 0.05) is 30.4 Å². The predicted octanol–water partition coefficient (Wildman–Crippen LogP) is 3.91. The molecule has 0 aliphatic rings. The number of anilines is 2. The molecule has 2 aromatic rings. The third-order valence-corrected chi connectivity index (χ3v) is 3.40. The first-order valence-corrected chi connectivity index (χ1v) is 6.59. The Morgan fingerprint density at radius 2 is 2.05 bits per heavy atom. The van der Waals surface area contributed by atoms with Crippen LogP contribution >= 0.6 is 11.6 Å². The van der Waals surface area contributed by atoms with Crippen LogP contribution in [0.15, 0.2) is 36.4 Å². The first-order valence-electron chi connectivity index (χ1n) is 6.06. The Morgan fingerprint density at radius 3 is 2.68 bits per heavy atom. The van der Waals surface area contributed by atoms with E-state index in [9.17, 15) is 0 Å². The van der Waals surface area contributed by atoms with E-state index in [-0.39, 0.29) is 0 Å². The van der Waals surface area contributed by atoms with Gasteiger partial charge in [-0.25, -0.2) is 4.98 Å². The zero-order valence-electron chi connectivity index (χ0n) is 11.4. The summed E-state index contributed by atoms with van der Waals surface area (Å²) in [4.78, 5) is 6.60. The molecule has 0 aliphatic carbocycles.